The zero-order valence-corrected chi connectivity index (χ0v) is 11.9. The number of hydrogen-bond donors (Lipinski definition) is 2. The molecular weight excluding hydrogens is 330 g/mol. The number of halogens is 1. The number of non-ortho nitro benzene ring substituents is 1. The van der Waals surface area contributed by atoms with Crippen molar-refractivity contribution >= 4 is 11.7 Å². The first kappa shape index (κ1) is 15.8. The lowest BCUT2D eigenvalue weighted by Gasteiger charge is -1.99. The number of carboxylic acid groups (broad SMARTS) is 1. The molecule has 0 saturated heterocycles. The number of carboxylic acids is 1. The van der Waals surface area contributed by atoms with Gasteiger partial charge in [-0.2, -0.15) is 0 Å². The Hall–Kier alpha value is -2.22. The van der Waals surface area contributed by atoms with Crippen molar-refractivity contribution in [2.75, 3.05) is 0 Å². The number of hydrogen-bond acceptors (Lipinski definition) is 3. The number of aromatic amines is 1. The van der Waals surface area contributed by atoms with Crippen molar-refractivity contribution in [2.45, 2.75) is 13.0 Å². The Balaban J connectivity index is 0.00000200. The molecule has 1 aromatic carbocycles. The van der Waals surface area contributed by atoms with Gasteiger partial charge >= 0.3 is 5.97 Å². The summed E-state index contributed by atoms with van der Waals surface area (Å²) in [6, 6.07) is 6.08. The number of benzene rings is 1. The second kappa shape index (κ2) is 6.80. The number of nitro groups is 1. The molecule has 7 nitrogen and oxygen atoms in total. The summed E-state index contributed by atoms with van der Waals surface area (Å²) in [6.45, 7) is 0.338. The Morgan fingerprint density at radius 3 is 2.55 bits per heavy atom. The van der Waals surface area contributed by atoms with Crippen LogP contribution in [0.1, 0.15) is 6.42 Å². The second-order valence-corrected chi connectivity index (χ2v) is 3.95. The summed E-state index contributed by atoms with van der Waals surface area (Å²) in [5.74, 6) is -0.153. The average Bonchev–Trinajstić information content (AvgIpc) is 2.84. The molecule has 2 aromatic rings. The monoisotopic (exact) mass is 341 g/mol. The summed E-state index contributed by atoms with van der Waals surface area (Å²) < 4.78 is 1.76. The standard InChI is InChI=1S/C12H11N3O4.BrH/c16-11(17)5-7-14-8-6-13-12(14)9-1-3-10(4-2-9)15(18)19;/h1-4,6,8H,5,7H2,(H,16,17);1H. The number of aromatic nitrogens is 2. The quantitative estimate of drug-likeness (QED) is 0.387. The number of aliphatic carboxylic acids is 1. The van der Waals surface area contributed by atoms with Crippen LogP contribution in [0.15, 0.2) is 36.7 Å². The third-order valence-electron chi connectivity index (χ3n) is 2.68. The van der Waals surface area contributed by atoms with Gasteiger partial charge in [-0.05, 0) is 12.1 Å². The fourth-order valence-corrected chi connectivity index (χ4v) is 1.76. The van der Waals surface area contributed by atoms with Crippen LogP contribution >= 0.6 is 0 Å². The first-order valence-corrected chi connectivity index (χ1v) is 5.61. The van der Waals surface area contributed by atoms with Crippen LogP contribution in [0.2, 0.25) is 0 Å². The van der Waals surface area contributed by atoms with E-state index in [-0.39, 0.29) is 29.1 Å². The highest BCUT2D eigenvalue weighted by Gasteiger charge is 2.15. The van der Waals surface area contributed by atoms with Crippen LogP contribution < -0.4 is 21.5 Å². The van der Waals surface area contributed by atoms with Crippen LogP contribution in [0, 0.1) is 10.1 Å². The first-order chi connectivity index (χ1) is 9.08. The molecule has 0 atom stereocenters. The number of aryl methyl sites for hydroxylation is 1. The van der Waals surface area contributed by atoms with E-state index in [1.807, 2.05) is 0 Å². The maximum atomic E-state index is 10.6. The van der Waals surface area contributed by atoms with Gasteiger partial charge in [0.15, 0.2) is 0 Å². The largest absolute Gasteiger partial charge is 1.00 e. The summed E-state index contributed by atoms with van der Waals surface area (Å²) in [5.41, 5.74) is 0.786. The molecule has 0 saturated carbocycles. The Labute approximate surface area is 124 Å². The topological polar surface area (TPSA) is 100 Å². The second-order valence-electron chi connectivity index (χ2n) is 3.95. The van der Waals surface area contributed by atoms with Gasteiger partial charge in [0.1, 0.15) is 18.9 Å². The Morgan fingerprint density at radius 2 is 2.00 bits per heavy atom. The van der Waals surface area contributed by atoms with Gasteiger partial charge in [0.2, 0.25) is 0 Å². The molecule has 0 amide bonds. The normalized spacial score (nSPS) is 9.80. The van der Waals surface area contributed by atoms with Crippen molar-refractivity contribution in [2.24, 2.45) is 0 Å². The molecule has 0 unspecified atom stereocenters. The Kier molecular flexibility index (Phi) is 5.39. The van der Waals surface area contributed by atoms with E-state index in [0.29, 0.717) is 6.54 Å². The molecule has 1 heterocycles. The molecule has 0 radical (unpaired) electrons. The Morgan fingerprint density at radius 1 is 1.35 bits per heavy atom. The molecule has 0 fully saturated rings. The predicted molar refractivity (Wildman–Crippen MR) is 65.3 cm³/mol. The lowest BCUT2D eigenvalue weighted by Crippen LogP contribution is -3.00. The van der Waals surface area contributed by atoms with E-state index in [0.717, 1.165) is 11.4 Å². The van der Waals surface area contributed by atoms with E-state index in [9.17, 15) is 14.9 Å². The van der Waals surface area contributed by atoms with Gasteiger partial charge in [0.05, 0.1) is 16.9 Å². The lowest BCUT2D eigenvalue weighted by molar-refractivity contribution is -0.683. The zero-order chi connectivity index (χ0) is 13.8. The number of H-pyrrole nitrogens is 1. The predicted octanol–water partition coefficient (Wildman–Crippen LogP) is -1.64. The molecule has 8 heteroatoms. The number of nitrogens with zero attached hydrogens (tertiary/aromatic N) is 2. The van der Waals surface area contributed by atoms with Gasteiger partial charge in [0, 0.05) is 12.1 Å². The lowest BCUT2D eigenvalue weighted by atomic mass is 10.2. The minimum Gasteiger partial charge on any atom is -1.00 e. The van der Waals surface area contributed by atoms with Crippen molar-refractivity contribution in [3.63, 3.8) is 0 Å². The van der Waals surface area contributed by atoms with E-state index in [1.54, 1.807) is 29.1 Å². The number of carbonyl (C=O) groups is 1. The van der Waals surface area contributed by atoms with E-state index >= 15 is 0 Å². The summed E-state index contributed by atoms with van der Waals surface area (Å²) >= 11 is 0. The summed E-state index contributed by atoms with van der Waals surface area (Å²) in [7, 11) is 0. The highest BCUT2D eigenvalue weighted by atomic mass is 79.9. The molecule has 0 bridgehead atoms. The average molecular weight is 342 g/mol. The molecule has 0 aliphatic rings. The van der Waals surface area contributed by atoms with Gasteiger partial charge in [0.25, 0.3) is 11.5 Å². The molecule has 106 valence electrons. The van der Waals surface area contributed by atoms with Crippen molar-refractivity contribution in [3.05, 3.63) is 46.8 Å². The van der Waals surface area contributed by atoms with Gasteiger partial charge in [-0.25, -0.2) is 9.55 Å². The van der Waals surface area contributed by atoms with Crippen LogP contribution in [0.4, 0.5) is 5.69 Å². The number of nitro benzene ring substituents is 1. The molecule has 2 rings (SSSR count). The van der Waals surface area contributed by atoms with Crippen LogP contribution in [0.5, 0.6) is 0 Å². The summed E-state index contributed by atoms with van der Waals surface area (Å²) in [4.78, 5) is 23.7. The number of rotatable bonds is 5. The fourth-order valence-electron chi connectivity index (χ4n) is 1.76. The molecule has 0 spiro atoms. The van der Waals surface area contributed by atoms with Crippen molar-refractivity contribution in [1.29, 1.82) is 0 Å². The highest BCUT2D eigenvalue weighted by Crippen LogP contribution is 2.18. The summed E-state index contributed by atoms with van der Waals surface area (Å²) in [6.07, 6.45) is 3.45. The van der Waals surface area contributed by atoms with Crippen LogP contribution in [0.25, 0.3) is 11.4 Å². The Bertz CT molecular complexity index is 609. The van der Waals surface area contributed by atoms with Crippen molar-refractivity contribution in [3.8, 4) is 11.4 Å². The van der Waals surface area contributed by atoms with E-state index in [1.165, 1.54) is 12.1 Å². The molecular formula is C12H12BrN3O4. The minimum absolute atomic E-state index is 0. The van der Waals surface area contributed by atoms with Gasteiger partial charge in [-0.3, -0.25) is 14.9 Å². The van der Waals surface area contributed by atoms with Crippen LogP contribution in [0.3, 0.4) is 0 Å². The van der Waals surface area contributed by atoms with Gasteiger partial charge in [-0.1, -0.05) is 0 Å². The maximum Gasteiger partial charge on any atom is 0.307 e. The van der Waals surface area contributed by atoms with Crippen LogP contribution in [-0.4, -0.2) is 21.0 Å². The fraction of sp³-hybridized carbons (Fsp3) is 0.167. The minimum atomic E-state index is -0.872. The molecule has 1 aromatic heterocycles. The third-order valence-corrected chi connectivity index (χ3v) is 2.68. The molecule has 0 aliphatic heterocycles. The van der Waals surface area contributed by atoms with Crippen molar-refractivity contribution < 1.29 is 36.4 Å². The maximum absolute atomic E-state index is 10.6. The van der Waals surface area contributed by atoms with Gasteiger partial charge < -0.3 is 22.1 Å². The number of nitrogens with one attached hydrogen (secondary N) is 1. The van der Waals surface area contributed by atoms with Gasteiger partial charge in [-0.15, -0.1) is 0 Å². The molecule has 2 N–H and O–H groups in total. The van der Waals surface area contributed by atoms with Crippen LogP contribution in [-0.2, 0) is 11.3 Å². The van der Waals surface area contributed by atoms with E-state index in [2.05, 4.69) is 4.98 Å². The molecule has 20 heavy (non-hydrogen) atoms. The highest BCUT2D eigenvalue weighted by molar-refractivity contribution is 5.66. The van der Waals surface area contributed by atoms with E-state index < -0.39 is 10.9 Å². The SMILES string of the molecule is O=C(O)CC[n+]1cc[nH]c1-c1ccc([N+](=O)[O-])cc1.[Br-]. The zero-order valence-electron chi connectivity index (χ0n) is 10.3. The number of imidazole rings is 1. The summed E-state index contributed by atoms with van der Waals surface area (Å²) in [5, 5.41) is 19.2. The van der Waals surface area contributed by atoms with E-state index in [4.69, 9.17) is 5.11 Å². The first-order valence-electron chi connectivity index (χ1n) is 5.61. The smallest absolute Gasteiger partial charge is 0.307 e. The molecule has 0 aliphatic carbocycles. The van der Waals surface area contributed by atoms with Crippen molar-refractivity contribution in [1.82, 2.24) is 4.98 Å². The third kappa shape index (κ3) is 3.64.